The number of piperidine rings is 1. The summed E-state index contributed by atoms with van der Waals surface area (Å²) in [5, 5.41) is 7.25. The summed E-state index contributed by atoms with van der Waals surface area (Å²) in [6.07, 6.45) is 12.6. The summed E-state index contributed by atoms with van der Waals surface area (Å²) < 4.78 is 2.28. The van der Waals surface area contributed by atoms with Crippen LogP contribution in [-0.2, 0) is 0 Å². The van der Waals surface area contributed by atoms with E-state index in [2.05, 4.69) is 26.4 Å². The first-order valence-electron chi connectivity index (χ1n) is 7.35. The van der Waals surface area contributed by atoms with Gasteiger partial charge in [0.05, 0.1) is 6.33 Å². The molecule has 18 heavy (non-hydrogen) atoms. The Morgan fingerprint density at radius 2 is 2.11 bits per heavy atom. The van der Waals surface area contributed by atoms with E-state index < -0.39 is 0 Å². The van der Waals surface area contributed by atoms with Gasteiger partial charge in [0.1, 0.15) is 0 Å². The molecule has 2 heterocycles. The van der Waals surface area contributed by atoms with Crippen LogP contribution in [0.2, 0.25) is 0 Å². The van der Waals surface area contributed by atoms with Crippen molar-refractivity contribution in [2.45, 2.75) is 44.2 Å². The number of nitrogens with zero attached hydrogens (tertiary/aromatic N) is 2. The molecule has 2 atom stereocenters. The molecule has 2 unspecified atom stereocenters. The normalized spacial score (nSPS) is 29.8. The molecule has 1 aliphatic carbocycles. The van der Waals surface area contributed by atoms with Gasteiger partial charge in [-0.05, 0) is 57.7 Å². The van der Waals surface area contributed by atoms with Crippen LogP contribution in [0.15, 0.2) is 18.7 Å². The van der Waals surface area contributed by atoms with Crippen molar-refractivity contribution in [3.8, 4) is 0 Å². The quantitative estimate of drug-likeness (QED) is 0.850. The molecule has 0 bridgehead atoms. The Bertz CT molecular complexity index is 343. The van der Waals surface area contributed by atoms with Gasteiger partial charge in [0.25, 0.3) is 0 Å². The molecule has 3 rings (SSSR count). The number of hydrogen-bond acceptors (Lipinski definition) is 3. The van der Waals surface area contributed by atoms with Gasteiger partial charge < -0.3 is 15.2 Å². The minimum Gasteiger partial charge on any atom is -0.333 e. The largest absolute Gasteiger partial charge is 0.333 e. The number of aromatic nitrogens is 2. The monoisotopic (exact) mass is 248 g/mol. The minimum atomic E-state index is 0.620. The molecule has 2 N–H and O–H groups in total. The summed E-state index contributed by atoms with van der Waals surface area (Å²) in [4.78, 5) is 4.18. The van der Waals surface area contributed by atoms with Gasteiger partial charge in [-0.3, -0.25) is 0 Å². The summed E-state index contributed by atoms with van der Waals surface area (Å²) in [7, 11) is 0. The van der Waals surface area contributed by atoms with Crippen molar-refractivity contribution in [1.82, 2.24) is 20.2 Å². The number of imidazole rings is 1. The Morgan fingerprint density at radius 1 is 1.22 bits per heavy atom. The highest BCUT2D eigenvalue weighted by molar-refractivity contribution is 4.92. The molecule has 4 nitrogen and oxygen atoms in total. The lowest BCUT2D eigenvalue weighted by Gasteiger charge is -2.27. The fourth-order valence-electron chi connectivity index (χ4n) is 3.40. The maximum absolute atomic E-state index is 4.18. The van der Waals surface area contributed by atoms with Crippen LogP contribution in [0.25, 0.3) is 0 Å². The van der Waals surface area contributed by atoms with Crippen LogP contribution < -0.4 is 10.6 Å². The molecule has 0 radical (unpaired) electrons. The van der Waals surface area contributed by atoms with Crippen molar-refractivity contribution in [2.24, 2.45) is 5.92 Å². The van der Waals surface area contributed by atoms with E-state index in [0.717, 1.165) is 5.92 Å². The topological polar surface area (TPSA) is 41.9 Å². The van der Waals surface area contributed by atoms with Gasteiger partial charge in [0.15, 0.2) is 0 Å². The second kappa shape index (κ2) is 5.85. The average molecular weight is 248 g/mol. The Balaban J connectivity index is 1.52. The highest BCUT2D eigenvalue weighted by Gasteiger charge is 2.28. The number of hydrogen-bond donors (Lipinski definition) is 2. The fraction of sp³-hybridized carbons (Fsp3) is 0.786. The molecule has 0 amide bonds. The molecule has 1 aromatic heterocycles. The van der Waals surface area contributed by atoms with Crippen LogP contribution in [0.4, 0.5) is 0 Å². The summed E-state index contributed by atoms with van der Waals surface area (Å²) in [5.41, 5.74) is 0. The second-order valence-electron chi connectivity index (χ2n) is 5.72. The van der Waals surface area contributed by atoms with Gasteiger partial charge in [-0.15, -0.1) is 0 Å². The van der Waals surface area contributed by atoms with Crippen LogP contribution >= 0.6 is 0 Å². The Labute approximate surface area is 109 Å². The lowest BCUT2D eigenvalue weighted by molar-refractivity contribution is 0.315. The van der Waals surface area contributed by atoms with Crippen molar-refractivity contribution >= 4 is 0 Å². The van der Waals surface area contributed by atoms with Crippen LogP contribution in [-0.4, -0.2) is 35.2 Å². The zero-order chi connectivity index (χ0) is 12.2. The lowest BCUT2D eigenvalue weighted by atomic mass is 9.97. The fourth-order valence-corrected chi connectivity index (χ4v) is 3.40. The third kappa shape index (κ3) is 2.75. The molecule has 1 saturated carbocycles. The summed E-state index contributed by atoms with van der Waals surface area (Å²) in [6.45, 7) is 3.58. The molecule has 2 aliphatic rings. The van der Waals surface area contributed by atoms with E-state index >= 15 is 0 Å². The van der Waals surface area contributed by atoms with Crippen LogP contribution in [0.3, 0.4) is 0 Å². The molecule has 4 heteroatoms. The van der Waals surface area contributed by atoms with E-state index in [4.69, 9.17) is 0 Å². The molecule has 100 valence electrons. The zero-order valence-corrected chi connectivity index (χ0v) is 11.0. The van der Waals surface area contributed by atoms with Gasteiger partial charge in [-0.1, -0.05) is 0 Å². The number of nitrogens with one attached hydrogen (secondary N) is 2. The molecule has 1 aromatic rings. The minimum absolute atomic E-state index is 0.620. The van der Waals surface area contributed by atoms with E-state index in [0.29, 0.717) is 12.1 Å². The van der Waals surface area contributed by atoms with Crippen molar-refractivity contribution in [2.75, 3.05) is 19.6 Å². The molecular formula is C14H24N4. The Kier molecular flexibility index (Phi) is 3.96. The molecule has 0 aromatic carbocycles. The SMILES string of the molecule is c1cn(C2CCCC2NCC2CCNCC2)cn1. The first-order valence-corrected chi connectivity index (χ1v) is 7.35. The van der Waals surface area contributed by atoms with Gasteiger partial charge in [-0.2, -0.15) is 0 Å². The second-order valence-corrected chi connectivity index (χ2v) is 5.72. The summed E-state index contributed by atoms with van der Waals surface area (Å²) >= 11 is 0. The van der Waals surface area contributed by atoms with E-state index in [-0.39, 0.29) is 0 Å². The van der Waals surface area contributed by atoms with Gasteiger partial charge in [-0.25, -0.2) is 4.98 Å². The van der Waals surface area contributed by atoms with Gasteiger partial charge >= 0.3 is 0 Å². The Hall–Kier alpha value is -0.870. The summed E-state index contributed by atoms with van der Waals surface area (Å²) in [5.74, 6) is 0.871. The van der Waals surface area contributed by atoms with Crippen molar-refractivity contribution in [1.29, 1.82) is 0 Å². The highest BCUT2D eigenvalue weighted by atomic mass is 15.1. The van der Waals surface area contributed by atoms with Crippen molar-refractivity contribution in [3.05, 3.63) is 18.7 Å². The predicted molar refractivity (Wildman–Crippen MR) is 72.5 cm³/mol. The van der Waals surface area contributed by atoms with E-state index in [9.17, 15) is 0 Å². The van der Waals surface area contributed by atoms with E-state index in [1.165, 1.54) is 51.7 Å². The smallest absolute Gasteiger partial charge is 0.0949 e. The van der Waals surface area contributed by atoms with Crippen molar-refractivity contribution in [3.63, 3.8) is 0 Å². The molecular weight excluding hydrogens is 224 g/mol. The van der Waals surface area contributed by atoms with Gasteiger partial charge in [0.2, 0.25) is 0 Å². The standard InChI is InChI=1S/C14H24N4/c1-2-13(14(3-1)18-9-8-16-11-18)17-10-12-4-6-15-7-5-12/h8-9,11-15,17H,1-7,10H2. The van der Waals surface area contributed by atoms with Gasteiger partial charge in [0, 0.05) is 24.5 Å². The van der Waals surface area contributed by atoms with Crippen LogP contribution in [0.1, 0.15) is 38.1 Å². The van der Waals surface area contributed by atoms with Crippen molar-refractivity contribution < 1.29 is 0 Å². The molecule has 1 saturated heterocycles. The highest BCUT2D eigenvalue weighted by Crippen LogP contribution is 2.30. The maximum atomic E-state index is 4.18. The van der Waals surface area contributed by atoms with E-state index in [1.54, 1.807) is 0 Å². The van der Waals surface area contributed by atoms with Crippen LogP contribution in [0, 0.1) is 5.92 Å². The molecule has 2 fully saturated rings. The summed E-state index contributed by atoms with van der Waals surface area (Å²) in [6, 6.07) is 1.27. The zero-order valence-electron chi connectivity index (χ0n) is 11.0. The number of rotatable bonds is 4. The molecule has 0 spiro atoms. The van der Waals surface area contributed by atoms with Crippen LogP contribution in [0.5, 0.6) is 0 Å². The van der Waals surface area contributed by atoms with E-state index in [1.807, 2.05) is 12.5 Å². The Morgan fingerprint density at radius 3 is 2.89 bits per heavy atom. The predicted octanol–water partition coefficient (Wildman–Crippen LogP) is 1.57. The third-order valence-electron chi connectivity index (χ3n) is 4.51. The lowest BCUT2D eigenvalue weighted by Crippen LogP contribution is -2.39. The molecule has 1 aliphatic heterocycles. The first kappa shape index (κ1) is 12.2. The first-order chi connectivity index (χ1) is 8.93. The third-order valence-corrected chi connectivity index (χ3v) is 4.51. The average Bonchev–Trinajstić information content (AvgIpc) is 3.08. The maximum Gasteiger partial charge on any atom is 0.0949 e.